The highest BCUT2D eigenvalue weighted by atomic mass is 35.5. The smallest absolute Gasteiger partial charge is 0.312 e. The van der Waals surface area contributed by atoms with Crippen LogP contribution in [0.1, 0.15) is 11.1 Å². The van der Waals surface area contributed by atoms with Crippen LogP contribution in [0.4, 0.5) is 10.5 Å². The fraction of sp³-hybridized carbons (Fsp3) is 0. The van der Waals surface area contributed by atoms with Crippen LogP contribution in [0.25, 0.3) is 12.2 Å². The molecule has 18 heavy (non-hydrogen) atoms. The van der Waals surface area contributed by atoms with Gasteiger partial charge in [-0.3, -0.25) is 4.79 Å². The summed E-state index contributed by atoms with van der Waals surface area (Å²) in [7, 11) is 0. The number of nitrogens with one attached hydrogen (secondary N) is 1. The van der Waals surface area contributed by atoms with Crippen LogP contribution in [-0.2, 0) is 0 Å². The maximum atomic E-state index is 10.7. The summed E-state index contributed by atoms with van der Waals surface area (Å²) in [4.78, 5) is 10.7. The Morgan fingerprint density at radius 2 is 1.61 bits per heavy atom. The highest BCUT2D eigenvalue weighted by molar-refractivity contribution is 6.65. The third kappa shape index (κ3) is 3.75. The second kappa shape index (κ2) is 6.03. The van der Waals surface area contributed by atoms with Crippen molar-refractivity contribution in [2.24, 2.45) is 0 Å². The van der Waals surface area contributed by atoms with E-state index in [0.717, 1.165) is 11.1 Å². The van der Waals surface area contributed by atoms with Crippen molar-refractivity contribution in [2.45, 2.75) is 0 Å². The van der Waals surface area contributed by atoms with Crippen molar-refractivity contribution in [1.82, 2.24) is 0 Å². The molecule has 0 fully saturated rings. The van der Waals surface area contributed by atoms with Gasteiger partial charge in [-0.25, -0.2) is 0 Å². The van der Waals surface area contributed by atoms with Crippen LogP contribution in [0.5, 0.6) is 0 Å². The second-order valence-corrected chi connectivity index (χ2v) is 4.11. The highest BCUT2D eigenvalue weighted by Gasteiger charge is 1.96. The quantitative estimate of drug-likeness (QED) is 0.485. The van der Waals surface area contributed by atoms with Crippen LogP contribution < -0.4 is 5.32 Å². The average molecular weight is 258 g/mol. The molecule has 0 bridgehead atoms. The second-order valence-electron chi connectivity index (χ2n) is 3.77. The molecule has 1 N–H and O–H groups in total. The van der Waals surface area contributed by atoms with Crippen LogP contribution in [-0.4, -0.2) is 5.37 Å². The van der Waals surface area contributed by atoms with E-state index in [-0.39, 0.29) is 0 Å². The molecule has 0 aliphatic carbocycles. The largest absolute Gasteiger partial charge is 0.318 e. The molecule has 1 amide bonds. The van der Waals surface area contributed by atoms with E-state index < -0.39 is 5.37 Å². The van der Waals surface area contributed by atoms with E-state index >= 15 is 0 Å². The average Bonchev–Trinajstić information content (AvgIpc) is 2.37. The molecule has 3 heteroatoms. The molecule has 2 aromatic carbocycles. The van der Waals surface area contributed by atoms with E-state index in [2.05, 4.69) is 5.32 Å². The summed E-state index contributed by atoms with van der Waals surface area (Å²) in [6, 6.07) is 17.5. The molecule has 90 valence electrons. The summed E-state index contributed by atoms with van der Waals surface area (Å²) in [6.45, 7) is 0. The van der Waals surface area contributed by atoms with Crippen LogP contribution in [0.3, 0.4) is 0 Å². The number of rotatable bonds is 3. The van der Waals surface area contributed by atoms with E-state index in [9.17, 15) is 4.79 Å². The van der Waals surface area contributed by atoms with Gasteiger partial charge in [-0.2, -0.15) is 0 Å². The van der Waals surface area contributed by atoms with E-state index in [1.807, 2.05) is 60.7 Å². The van der Waals surface area contributed by atoms with Gasteiger partial charge in [0.2, 0.25) is 0 Å². The number of halogens is 1. The molecule has 0 saturated heterocycles. The molecule has 0 heterocycles. The molecular weight excluding hydrogens is 246 g/mol. The lowest BCUT2D eigenvalue weighted by atomic mass is 10.1. The van der Waals surface area contributed by atoms with E-state index in [0.29, 0.717) is 5.69 Å². The molecule has 0 saturated carbocycles. The molecule has 0 spiro atoms. The van der Waals surface area contributed by atoms with Gasteiger partial charge in [-0.1, -0.05) is 54.6 Å². The molecule has 2 rings (SSSR count). The molecule has 0 aliphatic rings. The van der Waals surface area contributed by atoms with Gasteiger partial charge in [0, 0.05) is 5.69 Å². The van der Waals surface area contributed by atoms with Crippen molar-refractivity contribution in [3.05, 3.63) is 65.7 Å². The minimum Gasteiger partial charge on any atom is -0.312 e. The number of amides is 1. The van der Waals surface area contributed by atoms with Gasteiger partial charge in [-0.05, 0) is 34.9 Å². The Morgan fingerprint density at radius 1 is 0.944 bits per heavy atom. The molecule has 0 unspecified atom stereocenters. The van der Waals surface area contributed by atoms with Gasteiger partial charge < -0.3 is 5.32 Å². The number of hydrogen-bond acceptors (Lipinski definition) is 1. The van der Waals surface area contributed by atoms with Gasteiger partial charge in [0.15, 0.2) is 0 Å². The number of carbonyl (C=O) groups excluding carboxylic acids is 1. The van der Waals surface area contributed by atoms with Crippen LogP contribution in [0, 0.1) is 0 Å². The Kier molecular flexibility index (Phi) is 4.15. The lowest BCUT2D eigenvalue weighted by molar-refractivity contribution is 0.269. The van der Waals surface area contributed by atoms with Crippen LogP contribution >= 0.6 is 11.6 Å². The minimum atomic E-state index is -0.584. The topological polar surface area (TPSA) is 29.1 Å². The normalized spacial score (nSPS) is 10.5. The molecule has 2 nitrogen and oxygen atoms in total. The summed E-state index contributed by atoms with van der Waals surface area (Å²) in [5, 5.41) is 1.95. The van der Waals surface area contributed by atoms with Crippen molar-refractivity contribution in [1.29, 1.82) is 0 Å². The standard InChI is InChI=1S/C15H12ClNO/c16-15(18)17-14-8-4-7-13(11-14)10-9-12-5-2-1-3-6-12/h1-11H,(H,17,18). The fourth-order valence-corrected chi connectivity index (χ4v) is 1.70. The fourth-order valence-electron chi connectivity index (χ4n) is 1.59. The third-order valence-corrected chi connectivity index (χ3v) is 2.49. The SMILES string of the molecule is O=C(Cl)Nc1cccc(C=Cc2ccccc2)c1. The van der Waals surface area contributed by atoms with Gasteiger partial charge in [0.05, 0.1) is 0 Å². The van der Waals surface area contributed by atoms with E-state index in [1.165, 1.54) is 0 Å². The first kappa shape index (κ1) is 12.4. The number of hydrogen-bond donors (Lipinski definition) is 1. The Morgan fingerprint density at radius 3 is 2.33 bits per heavy atom. The summed E-state index contributed by atoms with van der Waals surface area (Å²) in [5.74, 6) is 0. The van der Waals surface area contributed by atoms with Crippen molar-refractivity contribution >= 4 is 34.8 Å². The monoisotopic (exact) mass is 257 g/mol. The third-order valence-electron chi connectivity index (χ3n) is 2.40. The summed E-state index contributed by atoms with van der Waals surface area (Å²) in [5.41, 5.74) is 2.82. The zero-order chi connectivity index (χ0) is 12.8. The maximum Gasteiger partial charge on any atom is 0.318 e. The number of benzene rings is 2. The van der Waals surface area contributed by atoms with E-state index in [1.54, 1.807) is 6.07 Å². The van der Waals surface area contributed by atoms with Crippen molar-refractivity contribution in [3.8, 4) is 0 Å². The van der Waals surface area contributed by atoms with Gasteiger partial charge >= 0.3 is 5.37 Å². The van der Waals surface area contributed by atoms with Crippen LogP contribution in [0.2, 0.25) is 0 Å². The Balaban J connectivity index is 2.14. The first-order valence-corrected chi connectivity index (χ1v) is 5.91. The lowest BCUT2D eigenvalue weighted by Crippen LogP contribution is -2.00. The predicted molar refractivity (Wildman–Crippen MR) is 76.7 cm³/mol. The summed E-state index contributed by atoms with van der Waals surface area (Å²) in [6.07, 6.45) is 4.00. The zero-order valence-electron chi connectivity index (χ0n) is 9.64. The van der Waals surface area contributed by atoms with Gasteiger partial charge in [0.25, 0.3) is 0 Å². The van der Waals surface area contributed by atoms with Crippen molar-refractivity contribution in [3.63, 3.8) is 0 Å². The van der Waals surface area contributed by atoms with Crippen LogP contribution in [0.15, 0.2) is 54.6 Å². The Hall–Kier alpha value is -2.06. The summed E-state index contributed by atoms with van der Waals surface area (Å²) >= 11 is 5.27. The predicted octanol–water partition coefficient (Wildman–Crippen LogP) is 4.63. The number of anilines is 1. The Bertz CT molecular complexity index is 564. The minimum absolute atomic E-state index is 0.584. The molecule has 0 aromatic heterocycles. The summed E-state index contributed by atoms with van der Waals surface area (Å²) < 4.78 is 0. The molecule has 2 aromatic rings. The first-order valence-electron chi connectivity index (χ1n) is 5.54. The molecule has 0 radical (unpaired) electrons. The van der Waals surface area contributed by atoms with Gasteiger partial charge in [-0.15, -0.1) is 0 Å². The maximum absolute atomic E-state index is 10.7. The zero-order valence-corrected chi connectivity index (χ0v) is 10.4. The van der Waals surface area contributed by atoms with Crippen molar-refractivity contribution < 1.29 is 4.79 Å². The molecule has 0 atom stereocenters. The molecule has 0 aliphatic heterocycles. The molecular formula is C15H12ClNO. The lowest BCUT2D eigenvalue weighted by Gasteiger charge is -2.01. The van der Waals surface area contributed by atoms with E-state index in [4.69, 9.17) is 11.6 Å². The first-order chi connectivity index (χ1) is 8.74. The number of carbonyl (C=O) groups is 1. The highest BCUT2D eigenvalue weighted by Crippen LogP contribution is 2.14. The Labute approximate surface area is 111 Å². The van der Waals surface area contributed by atoms with Gasteiger partial charge in [0.1, 0.15) is 0 Å². The van der Waals surface area contributed by atoms with Crippen molar-refractivity contribution in [2.75, 3.05) is 5.32 Å².